The average Bonchev–Trinajstić information content (AvgIpc) is 2.71. The Morgan fingerprint density at radius 3 is 2.93 bits per heavy atom. The third kappa shape index (κ3) is 4.12. The van der Waals surface area contributed by atoms with Gasteiger partial charge in [-0.3, -0.25) is 4.79 Å². The summed E-state index contributed by atoms with van der Waals surface area (Å²) in [5.41, 5.74) is -0.883. The minimum atomic E-state index is -0.820. The topological polar surface area (TPSA) is 108 Å². The van der Waals surface area contributed by atoms with Crippen molar-refractivity contribution >= 4 is 11.7 Å². The van der Waals surface area contributed by atoms with E-state index >= 15 is 0 Å². The molecule has 0 saturated carbocycles. The number of amides is 1. The Bertz CT molecular complexity index is 742. The van der Waals surface area contributed by atoms with Crippen LogP contribution < -0.4 is 10.2 Å². The maximum Gasteiger partial charge on any atom is 0.246 e. The van der Waals surface area contributed by atoms with Crippen LogP contribution in [0.2, 0.25) is 0 Å². The zero-order chi connectivity index (χ0) is 20.2. The van der Waals surface area contributed by atoms with Crippen molar-refractivity contribution in [2.24, 2.45) is 0 Å². The molecule has 2 atom stereocenters. The highest BCUT2D eigenvalue weighted by Gasteiger charge is 2.53. The lowest BCUT2D eigenvalue weighted by molar-refractivity contribution is -0.198. The number of hydrogen-bond donors (Lipinski definition) is 2. The highest BCUT2D eigenvalue weighted by molar-refractivity contribution is 5.78. The number of aliphatic hydroxyl groups is 1. The van der Waals surface area contributed by atoms with Gasteiger partial charge in [0.1, 0.15) is 18.5 Å². The van der Waals surface area contributed by atoms with Crippen molar-refractivity contribution in [2.45, 2.75) is 50.4 Å². The normalized spacial score (nSPS) is 26.6. The number of nitrogens with zero attached hydrogens (tertiary/aromatic N) is 3. The van der Waals surface area contributed by atoms with Crippen molar-refractivity contribution in [3.8, 4) is 6.07 Å². The second-order valence-corrected chi connectivity index (χ2v) is 7.67. The lowest BCUT2D eigenvalue weighted by atomic mass is 9.73. The van der Waals surface area contributed by atoms with E-state index in [-0.39, 0.29) is 12.5 Å². The molecule has 1 aromatic rings. The summed E-state index contributed by atoms with van der Waals surface area (Å²) in [6, 6.07) is 5.58. The molecule has 8 nitrogen and oxygen atoms in total. The first-order chi connectivity index (χ1) is 13.4. The predicted molar refractivity (Wildman–Crippen MR) is 103 cm³/mol. The minimum Gasteiger partial charge on any atom is -0.388 e. The Kier molecular flexibility index (Phi) is 6.18. The second-order valence-electron chi connectivity index (χ2n) is 7.67. The van der Waals surface area contributed by atoms with Crippen LogP contribution in [0.1, 0.15) is 38.7 Å². The van der Waals surface area contributed by atoms with Crippen LogP contribution in [0.15, 0.2) is 18.3 Å². The van der Waals surface area contributed by atoms with Gasteiger partial charge in [0.2, 0.25) is 5.91 Å². The van der Waals surface area contributed by atoms with Crippen LogP contribution in [0.25, 0.3) is 0 Å². The highest BCUT2D eigenvalue weighted by Crippen LogP contribution is 2.40. The number of nitriles is 1. The van der Waals surface area contributed by atoms with Gasteiger partial charge in [0, 0.05) is 32.5 Å². The molecule has 2 aliphatic heterocycles. The van der Waals surface area contributed by atoms with Gasteiger partial charge >= 0.3 is 0 Å². The van der Waals surface area contributed by atoms with Gasteiger partial charge in [-0.25, -0.2) is 4.98 Å². The number of carbonyl (C=O) groups is 1. The fourth-order valence-corrected chi connectivity index (χ4v) is 4.14. The van der Waals surface area contributed by atoms with Crippen LogP contribution in [-0.4, -0.2) is 66.2 Å². The van der Waals surface area contributed by atoms with Crippen LogP contribution in [0.4, 0.5) is 5.82 Å². The average molecular weight is 388 g/mol. The summed E-state index contributed by atoms with van der Waals surface area (Å²) in [6.45, 7) is 5.95. The van der Waals surface area contributed by atoms with Crippen molar-refractivity contribution in [2.75, 3.05) is 37.8 Å². The third-order valence-electron chi connectivity index (χ3n) is 5.78. The molecular formula is C20H28N4O4. The van der Waals surface area contributed by atoms with E-state index in [9.17, 15) is 9.90 Å². The van der Waals surface area contributed by atoms with Crippen molar-refractivity contribution in [1.82, 2.24) is 10.3 Å². The van der Waals surface area contributed by atoms with E-state index in [1.165, 1.54) is 0 Å². The fraction of sp³-hybridized carbons (Fsp3) is 0.650. The Hall–Kier alpha value is -2.21. The van der Waals surface area contributed by atoms with Gasteiger partial charge in [-0.15, -0.1) is 0 Å². The lowest BCUT2D eigenvalue weighted by Gasteiger charge is -2.53. The van der Waals surface area contributed by atoms with Crippen LogP contribution in [0, 0.1) is 11.3 Å². The van der Waals surface area contributed by atoms with Gasteiger partial charge in [-0.2, -0.15) is 5.26 Å². The number of pyridine rings is 1. The quantitative estimate of drug-likeness (QED) is 0.774. The number of ether oxygens (including phenoxy) is 2. The van der Waals surface area contributed by atoms with Crippen LogP contribution in [0.5, 0.6) is 0 Å². The Morgan fingerprint density at radius 1 is 1.50 bits per heavy atom. The molecule has 1 spiro atoms. The molecule has 3 heterocycles. The zero-order valence-corrected chi connectivity index (χ0v) is 16.5. The molecule has 0 radical (unpaired) electrons. The summed E-state index contributed by atoms with van der Waals surface area (Å²) >= 11 is 0. The van der Waals surface area contributed by atoms with Gasteiger partial charge < -0.3 is 24.8 Å². The smallest absolute Gasteiger partial charge is 0.246 e. The summed E-state index contributed by atoms with van der Waals surface area (Å²) in [5, 5.41) is 23.2. The monoisotopic (exact) mass is 388 g/mol. The van der Waals surface area contributed by atoms with Gasteiger partial charge in [-0.05, 0) is 45.2 Å². The Labute approximate surface area is 165 Å². The molecule has 152 valence electrons. The summed E-state index contributed by atoms with van der Waals surface area (Å²) in [5.74, 6) is 0.530. The number of hydrogen-bond acceptors (Lipinski definition) is 7. The molecule has 0 bridgehead atoms. The van der Waals surface area contributed by atoms with Gasteiger partial charge in [0.25, 0.3) is 0 Å². The number of nitrogens with one attached hydrogen (secondary N) is 1. The minimum absolute atomic E-state index is 0.0126. The first kappa shape index (κ1) is 20.5. The maximum absolute atomic E-state index is 12.2. The number of piperidine rings is 1. The van der Waals surface area contributed by atoms with E-state index in [0.29, 0.717) is 51.1 Å². The molecule has 1 amide bonds. The number of rotatable bonds is 5. The van der Waals surface area contributed by atoms with E-state index in [1.54, 1.807) is 18.3 Å². The van der Waals surface area contributed by atoms with Crippen LogP contribution in [-0.2, 0) is 14.3 Å². The maximum atomic E-state index is 12.2. The summed E-state index contributed by atoms with van der Waals surface area (Å²) < 4.78 is 11.2. The van der Waals surface area contributed by atoms with Crippen LogP contribution in [0.3, 0.4) is 0 Å². The standard InChI is InChI=1S/C20H28N4O4/c1-3-27-14-17(25)23-19(2)7-11-28-20(18(19)26)5-9-24(10-6-20)16-12-15(13-21)4-8-22-16/h4,8,12,18,26H,3,5-7,9-11,14H2,1-2H3,(H,23,25)/t18-,19+/m1/s1. The number of anilines is 1. The third-order valence-corrected chi connectivity index (χ3v) is 5.78. The zero-order valence-electron chi connectivity index (χ0n) is 16.5. The fourth-order valence-electron chi connectivity index (χ4n) is 4.14. The van der Waals surface area contributed by atoms with Gasteiger partial charge in [0.15, 0.2) is 0 Å². The Morgan fingerprint density at radius 2 is 2.25 bits per heavy atom. The SMILES string of the molecule is CCOCC(=O)N[C@@]1(C)CCOC2(CCN(c3cc(C#N)ccn3)CC2)[C@@H]1O. The lowest BCUT2D eigenvalue weighted by Crippen LogP contribution is -2.69. The second kappa shape index (κ2) is 8.43. The molecule has 2 aliphatic rings. The molecule has 2 saturated heterocycles. The van der Waals surface area contributed by atoms with E-state index in [0.717, 1.165) is 5.82 Å². The van der Waals surface area contributed by atoms with Gasteiger partial charge in [-0.1, -0.05) is 0 Å². The molecule has 8 heteroatoms. The van der Waals surface area contributed by atoms with Crippen molar-refractivity contribution in [1.29, 1.82) is 5.26 Å². The Balaban J connectivity index is 1.67. The molecule has 0 aliphatic carbocycles. The molecule has 0 unspecified atom stereocenters. The summed E-state index contributed by atoms with van der Waals surface area (Å²) in [4.78, 5) is 18.6. The molecule has 3 rings (SSSR count). The summed E-state index contributed by atoms with van der Waals surface area (Å²) in [7, 11) is 0. The molecule has 2 fully saturated rings. The first-order valence-electron chi connectivity index (χ1n) is 9.74. The number of carbonyl (C=O) groups excluding carboxylic acids is 1. The van der Waals surface area contributed by atoms with E-state index < -0.39 is 17.2 Å². The molecule has 28 heavy (non-hydrogen) atoms. The van der Waals surface area contributed by atoms with Crippen molar-refractivity contribution in [3.63, 3.8) is 0 Å². The van der Waals surface area contributed by atoms with E-state index in [1.807, 2.05) is 13.8 Å². The largest absolute Gasteiger partial charge is 0.388 e. The predicted octanol–water partition coefficient (Wildman–Crippen LogP) is 0.985. The number of aliphatic hydroxyl groups excluding tert-OH is 1. The first-order valence-corrected chi connectivity index (χ1v) is 9.74. The summed E-state index contributed by atoms with van der Waals surface area (Å²) in [6.07, 6.45) is 2.59. The van der Waals surface area contributed by atoms with E-state index in [4.69, 9.17) is 14.7 Å². The molecule has 2 N–H and O–H groups in total. The molecular weight excluding hydrogens is 360 g/mol. The van der Waals surface area contributed by atoms with Gasteiger partial charge in [0.05, 0.1) is 22.8 Å². The highest BCUT2D eigenvalue weighted by atomic mass is 16.5. The number of aromatic nitrogens is 1. The molecule has 1 aromatic heterocycles. The van der Waals surface area contributed by atoms with Crippen LogP contribution >= 0.6 is 0 Å². The molecule has 0 aromatic carbocycles. The van der Waals surface area contributed by atoms with Crippen molar-refractivity contribution in [3.05, 3.63) is 23.9 Å². The van der Waals surface area contributed by atoms with E-state index in [2.05, 4.69) is 21.3 Å². The van der Waals surface area contributed by atoms with Crippen molar-refractivity contribution < 1.29 is 19.4 Å².